The SMILES string of the molecule is Cc1c(N2CC(F)C(C3(N)CC3)C2)c(F)cn2c(=O)n(N)c(=O)c(C3CC3)c12. The lowest BCUT2D eigenvalue weighted by Crippen LogP contribution is -2.44. The lowest BCUT2D eigenvalue weighted by atomic mass is 9.96. The summed E-state index contributed by atoms with van der Waals surface area (Å²) in [6, 6.07) is 0. The van der Waals surface area contributed by atoms with Gasteiger partial charge in [-0.3, -0.25) is 9.20 Å². The summed E-state index contributed by atoms with van der Waals surface area (Å²) in [5, 5.41) is 0. The quantitative estimate of drug-likeness (QED) is 0.753. The summed E-state index contributed by atoms with van der Waals surface area (Å²) in [5.74, 6) is 4.67. The van der Waals surface area contributed by atoms with Crippen molar-refractivity contribution in [2.75, 3.05) is 23.8 Å². The molecule has 0 radical (unpaired) electrons. The molecule has 9 heteroatoms. The highest BCUT2D eigenvalue weighted by Crippen LogP contribution is 2.47. The van der Waals surface area contributed by atoms with E-state index in [9.17, 15) is 14.0 Å². The average molecular weight is 391 g/mol. The number of nitrogen functional groups attached to an aromatic ring is 1. The van der Waals surface area contributed by atoms with Gasteiger partial charge in [0.05, 0.1) is 17.4 Å². The Morgan fingerprint density at radius 1 is 1.21 bits per heavy atom. The zero-order valence-corrected chi connectivity index (χ0v) is 15.6. The van der Waals surface area contributed by atoms with Crippen LogP contribution in [-0.2, 0) is 0 Å². The molecule has 5 rings (SSSR count). The molecule has 0 aromatic carbocycles. The number of rotatable bonds is 3. The summed E-state index contributed by atoms with van der Waals surface area (Å²) in [7, 11) is 0. The minimum absolute atomic E-state index is 0.00827. The number of pyridine rings is 1. The van der Waals surface area contributed by atoms with E-state index in [0.29, 0.717) is 27.9 Å². The number of alkyl halides is 1. The van der Waals surface area contributed by atoms with Gasteiger partial charge in [-0.15, -0.1) is 0 Å². The zero-order valence-electron chi connectivity index (χ0n) is 15.6. The smallest absolute Gasteiger partial charge is 0.354 e. The Bertz CT molecular complexity index is 1120. The molecule has 28 heavy (non-hydrogen) atoms. The van der Waals surface area contributed by atoms with Crippen LogP contribution in [0.5, 0.6) is 0 Å². The Morgan fingerprint density at radius 3 is 2.50 bits per heavy atom. The molecule has 3 heterocycles. The molecule has 7 nitrogen and oxygen atoms in total. The fourth-order valence-corrected chi connectivity index (χ4v) is 4.76. The molecule has 2 aromatic rings. The van der Waals surface area contributed by atoms with Crippen molar-refractivity contribution in [1.82, 2.24) is 9.08 Å². The van der Waals surface area contributed by atoms with Gasteiger partial charge in [0.25, 0.3) is 5.56 Å². The number of anilines is 1. The van der Waals surface area contributed by atoms with Crippen LogP contribution in [-0.4, -0.2) is 33.9 Å². The van der Waals surface area contributed by atoms with E-state index in [2.05, 4.69) is 0 Å². The number of nitrogens with two attached hydrogens (primary N) is 2. The van der Waals surface area contributed by atoms with Crippen LogP contribution in [0, 0.1) is 18.7 Å². The van der Waals surface area contributed by atoms with Crippen LogP contribution < -0.4 is 27.7 Å². The third kappa shape index (κ3) is 2.35. The summed E-state index contributed by atoms with van der Waals surface area (Å²) in [5.41, 5.74) is 5.91. The molecule has 2 unspecified atom stereocenters. The third-order valence-corrected chi connectivity index (χ3v) is 6.65. The third-order valence-electron chi connectivity index (χ3n) is 6.65. The highest BCUT2D eigenvalue weighted by atomic mass is 19.1. The van der Waals surface area contributed by atoms with Crippen molar-refractivity contribution in [2.24, 2.45) is 11.7 Å². The van der Waals surface area contributed by atoms with Gasteiger partial charge in [0.2, 0.25) is 0 Å². The lowest BCUT2D eigenvalue weighted by molar-refractivity contribution is 0.243. The number of fused-ring (bicyclic) bond motifs is 1. The first-order valence-electron chi connectivity index (χ1n) is 9.66. The molecule has 2 aliphatic carbocycles. The number of aryl methyl sites for hydroxylation is 1. The maximum absolute atomic E-state index is 15.1. The van der Waals surface area contributed by atoms with Crippen molar-refractivity contribution in [1.29, 1.82) is 0 Å². The first-order chi connectivity index (χ1) is 13.2. The van der Waals surface area contributed by atoms with Gasteiger partial charge in [0, 0.05) is 35.7 Å². The molecule has 3 aliphatic rings. The van der Waals surface area contributed by atoms with Gasteiger partial charge in [-0.05, 0) is 38.5 Å². The average Bonchev–Trinajstić information content (AvgIpc) is 3.56. The van der Waals surface area contributed by atoms with Crippen molar-refractivity contribution in [2.45, 2.75) is 50.2 Å². The minimum Gasteiger partial charge on any atom is -0.365 e. The van der Waals surface area contributed by atoms with Crippen LogP contribution in [0.3, 0.4) is 0 Å². The second-order valence-corrected chi connectivity index (χ2v) is 8.58. The van der Waals surface area contributed by atoms with E-state index in [1.165, 1.54) is 0 Å². The van der Waals surface area contributed by atoms with Crippen molar-refractivity contribution in [3.63, 3.8) is 0 Å². The fraction of sp³-hybridized carbons (Fsp3) is 0.579. The largest absolute Gasteiger partial charge is 0.365 e. The number of hydrogen-bond donors (Lipinski definition) is 2. The highest BCUT2D eigenvalue weighted by Gasteiger charge is 2.53. The van der Waals surface area contributed by atoms with Gasteiger partial charge in [-0.25, -0.2) is 13.6 Å². The second-order valence-electron chi connectivity index (χ2n) is 8.58. The van der Waals surface area contributed by atoms with Gasteiger partial charge in [-0.1, -0.05) is 0 Å². The van der Waals surface area contributed by atoms with Crippen LogP contribution >= 0.6 is 0 Å². The Hall–Kier alpha value is -2.42. The minimum atomic E-state index is -1.13. The lowest BCUT2D eigenvalue weighted by Gasteiger charge is -2.24. The van der Waals surface area contributed by atoms with E-state index < -0.39 is 28.8 Å². The van der Waals surface area contributed by atoms with E-state index in [4.69, 9.17) is 11.6 Å². The molecule has 2 atom stereocenters. The van der Waals surface area contributed by atoms with Crippen molar-refractivity contribution in [3.8, 4) is 0 Å². The molecule has 1 aliphatic heterocycles. The number of hydrogen-bond acceptors (Lipinski definition) is 5. The van der Waals surface area contributed by atoms with Crippen molar-refractivity contribution >= 4 is 11.2 Å². The van der Waals surface area contributed by atoms with Gasteiger partial charge in [-0.2, -0.15) is 4.68 Å². The molecule has 150 valence electrons. The molecule has 0 spiro atoms. The van der Waals surface area contributed by atoms with Crippen LogP contribution in [0.25, 0.3) is 5.52 Å². The molecule has 3 fully saturated rings. The van der Waals surface area contributed by atoms with Gasteiger partial charge in [0.1, 0.15) is 6.17 Å². The van der Waals surface area contributed by atoms with E-state index >= 15 is 4.39 Å². The van der Waals surface area contributed by atoms with Gasteiger partial charge < -0.3 is 16.5 Å². The Morgan fingerprint density at radius 2 is 1.89 bits per heavy atom. The summed E-state index contributed by atoms with van der Waals surface area (Å²) in [4.78, 5) is 26.8. The van der Waals surface area contributed by atoms with E-state index in [-0.39, 0.29) is 24.1 Å². The molecule has 2 saturated carbocycles. The van der Waals surface area contributed by atoms with Crippen LogP contribution in [0.1, 0.15) is 42.7 Å². The molecular formula is C19H23F2N5O2. The molecule has 0 bridgehead atoms. The van der Waals surface area contributed by atoms with Crippen LogP contribution in [0.2, 0.25) is 0 Å². The predicted octanol–water partition coefficient (Wildman–Crippen LogP) is 0.766. The summed E-state index contributed by atoms with van der Waals surface area (Å²) >= 11 is 0. The van der Waals surface area contributed by atoms with Crippen LogP contribution in [0.4, 0.5) is 14.5 Å². The number of halogens is 2. The molecule has 4 N–H and O–H groups in total. The maximum atomic E-state index is 15.1. The van der Waals surface area contributed by atoms with E-state index in [1.54, 1.807) is 11.8 Å². The molecular weight excluding hydrogens is 368 g/mol. The second kappa shape index (κ2) is 5.56. The van der Waals surface area contributed by atoms with Crippen molar-refractivity contribution in [3.05, 3.63) is 44.0 Å². The molecule has 0 amide bonds. The standard InChI is InChI=1S/C19H23F2N5O2/c1-9-15(24-6-11(12(20)7-24)19(22)4-5-19)13(21)8-25-16(9)14(10-2-3-10)17(27)26(23)18(25)28/h8,10-12H,2-7,22-23H2,1H3. The number of nitrogens with zero attached hydrogens (tertiary/aromatic N) is 3. The fourth-order valence-electron chi connectivity index (χ4n) is 4.76. The van der Waals surface area contributed by atoms with Gasteiger partial charge >= 0.3 is 5.69 Å². The first kappa shape index (κ1) is 17.7. The summed E-state index contributed by atoms with van der Waals surface area (Å²) < 4.78 is 31.4. The zero-order chi connectivity index (χ0) is 20.0. The van der Waals surface area contributed by atoms with Crippen molar-refractivity contribution < 1.29 is 8.78 Å². The molecule has 2 aromatic heterocycles. The predicted molar refractivity (Wildman–Crippen MR) is 101 cm³/mol. The Kier molecular flexibility index (Phi) is 3.51. The van der Waals surface area contributed by atoms with E-state index in [0.717, 1.165) is 36.3 Å². The first-order valence-corrected chi connectivity index (χ1v) is 9.66. The normalized spacial score (nSPS) is 26.2. The monoisotopic (exact) mass is 391 g/mol. The summed E-state index contributed by atoms with van der Waals surface area (Å²) in [6.07, 6.45) is 3.13. The summed E-state index contributed by atoms with van der Waals surface area (Å²) in [6.45, 7) is 2.05. The number of aromatic nitrogens is 2. The topological polar surface area (TPSA) is 98.8 Å². The Labute approximate surface area is 159 Å². The van der Waals surface area contributed by atoms with E-state index in [1.807, 2.05) is 0 Å². The van der Waals surface area contributed by atoms with Crippen LogP contribution in [0.15, 0.2) is 15.8 Å². The highest BCUT2D eigenvalue weighted by molar-refractivity contribution is 5.73. The Balaban J connectivity index is 1.71. The molecule has 1 saturated heterocycles. The van der Waals surface area contributed by atoms with Gasteiger partial charge in [0.15, 0.2) is 5.82 Å². The maximum Gasteiger partial charge on any atom is 0.354 e.